The zero-order valence-electron chi connectivity index (χ0n) is 11.9. The van der Waals surface area contributed by atoms with Crippen molar-refractivity contribution in [1.82, 2.24) is 9.88 Å². The molecule has 20 heavy (non-hydrogen) atoms. The molecule has 1 aliphatic rings. The van der Waals surface area contributed by atoms with Gasteiger partial charge in [0.15, 0.2) is 0 Å². The maximum absolute atomic E-state index is 12.5. The number of hydrogen-bond donors (Lipinski definition) is 2. The number of carbonyl (C=O) groups excluding carboxylic acids is 1. The Hall–Kier alpha value is -1.50. The van der Waals surface area contributed by atoms with Crippen molar-refractivity contribution in [2.45, 2.75) is 32.1 Å². The topological polar surface area (TPSA) is 88.7 Å². The zero-order valence-corrected chi connectivity index (χ0v) is 11.9. The van der Waals surface area contributed by atoms with Crippen molar-refractivity contribution < 1.29 is 14.6 Å². The highest BCUT2D eigenvalue weighted by atomic mass is 16.5. The van der Waals surface area contributed by atoms with Gasteiger partial charge in [0.1, 0.15) is 0 Å². The van der Waals surface area contributed by atoms with E-state index in [0.717, 1.165) is 0 Å². The molecule has 0 spiro atoms. The number of aromatic nitrogens is 1. The Bertz CT molecular complexity index is 490. The Balaban J connectivity index is 2.18. The van der Waals surface area contributed by atoms with Crippen LogP contribution in [-0.2, 0) is 11.3 Å². The van der Waals surface area contributed by atoms with E-state index in [4.69, 9.17) is 10.5 Å². The van der Waals surface area contributed by atoms with Crippen LogP contribution in [0.5, 0.6) is 0 Å². The van der Waals surface area contributed by atoms with Gasteiger partial charge in [0.25, 0.3) is 5.91 Å². The average molecular weight is 279 g/mol. The van der Waals surface area contributed by atoms with Crippen molar-refractivity contribution in [3.63, 3.8) is 0 Å². The molecular weight excluding hydrogens is 258 g/mol. The summed E-state index contributed by atoms with van der Waals surface area (Å²) in [6, 6.07) is 3.39. The van der Waals surface area contributed by atoms with E-state index in [2.05, 4.69) is 4.98 Å². The predicted molar refractivity (Wildman–Crippen MR) is 74.1 cm³/mol. The minimum absolute atomic E-state index is 0.0862. The number of carbonyl (C=O) groups is 1. The van der Waals surface area contributed by atoms with Gasteiger partial charge in [-0.3, -0.25) is 9.78 Å². The molecule has 0 saturated carbocycles. The van der Waals surface area contributed by atoms with E-state index in [9.17, 15) is 9.90 Å². The van der Waals surface area contributed by atoms with Crippen LogP contribution in [0.2, 0.25) is 0 Å². The van der Waals surface area contributed by atoms with Gasteiger partial charge in [-0.05, 0) is 26.0 Å². The summed E-state index contributed by atoms with van der Waals surface area (Å²) in [6.07, 6.45) is 1.24. The van der Waals surface area contributed by atoms with E-state index in [1.165, 1.54) is 0 Å². The van der Waals surface area contributed by atoms with Crippen LogP contribution in [0.15, 0.2) is 18.3 Å². The van der Waals surface area contributed by atoms with Crippen LogP contribution in [0.25, 0.3) is 0 Å². The Morgan fingerprint density at radius 1 is 1.65 bits per heavy atom. The number of morpholine rings is 1. The molecule has 0 bridgehead atoms. The molecule has 0 aliphatic carbocycles. The van der Waals surface area contributed by atoms with Gasteiger partial charge in [-0.2, -0.15) is 0 Å². The first-order valence-electron chi connectivity index (χ1n) is 6.68. The Morgan fingerprint density at radius 3 is 3.05 bits per heavy atom. The number of pyridine rings is 1. The lowest BCUT2D eigenvalue weighted by atomic mass is 10.0. The molecule has 3 N–H and O–H groups in total. The molecule has 2 rings (SSSR count). The molecular formula is C14H21N3O3. The van der Waals surface area contributed by atoms with Gasteiger partial charge in [0, 0.05) is 31.4 Å². The zero-order chi connectivity index (χ0) is 14.8. The first kappa shape index (κ1) is 14.9. The molecule has 1 aromatic rings. The van der Waals surface area contributed by atoms with E-state index < -0.39 is 5.60 Å². The lowest BCUT2D eigenvalue weighted by Crippen LogP contribution is -2.55. The number of amides is 1. The molecule has 0 aromatic carbocycles. The van der Waals surface area contributed by atoms with Gasteiger partial charge in [-0.25, -0.2) is 0 Å². The highest BCUT2D eigenvalue weighted by Crippen LogP contribution is 2.22. The molecule has 0 radical (unpaired) electrons. The summed E-state index contributed by atoms with van der Waals surface area (Å²) >= 11 is 0. The van der Waals surface area contributed by atoms with Crippen LogP contribution in [0.3, 0.4) is 0 Å². The van der Waals surface area contributed by atoms with E-state index in [0.29, 0.717) is 30.9 Å². The van der Waals surface area contributed by atoms with E-state index in [1.807, 2.05) is 13.8 Å². The molecule has 6 nitrogen and oxygen atoms in total. The molecule has 1 amide bonds. The largest absolute Gasteiger partial charge is 0.394 e. The number of rotatable bonds is 3. The molecule has 6 heteroatoms. The van der Waals surface area contributed by atoms with Crippen LogP contribution in [0.1, 0.15) is 29.9 Å². The number of nitrogens with zero attached hydrogens (tertiary/aromatic N) is 2. The predicted octanol–water partition coefficient (Wildman–Crippen LogP) is 0.152. The molecule has 2 heterocycles. The SMILES string of the molecule is CC1(C)CN(C(=O)c2ccnc(CN)c2)CC(CO)O1. The second-order valence-corrected chi connectivity index (χ2v) is 5.61. The van der Waals surface area contributed by atoms with Crippen LogP contribution in [0.4, 0.5) is 0 Å². The van der Waals surface area contributed by atoms with Crippen molar-refractivity contribution in [2.24, 2.45) is 5.73 Å². The summed E-state index contributed by atoms with van der Waals surface area (Å²) in [5.41, 5.74) is 6.32. The van der Waals surface area contributed by atoms with Gasteiger partial charge in [0.05, 0.1) is 24.0 Å². The first-order chi connectivity index (χ1) is 9.45. The minimum atomic E-state index is -0.467. The average Bonchev–Trinajstić information content (AvgIpc) is 2.44. The monoisotopic (exact) mass is 279 g/mol. The van der Waals surface area contributed by atoms with Crippen molar-refractivity contribution in [1.29, 1.82) is 0 Å². The summed E-state index contributed by atoms with van der Waals surface area (Å²) in [5.74, 6) is -0.0862. The maximum atomic E-state index is 12.5. The summed E-state index contributed by atoms with van der Waals surface area (Å²) < 4.78 is 5.71. The third-order valence-electron chi connectivity index (χ3n) is 3.24. The first-order valence-corrected chi connectivity index (χ1v) is 6.68. The number of nitrogens with two attached hydrogens (primary N) is 1. The smallest absolute Gasteiger partial charge is 0.254 e. The summed E-state index contributed by atoms with van der Waals surface area (Å²) in [6.45, 7) is 4.90. The fourth-order valence-electron chi connectivity index (χ4n) is 2.45. The molecule has 1 fully saturated rings. The van der Waals surface area contributed by atoms with Crippen LogP contribution in [0, 0.1) is 0 Å². The van der Waals surface area contributed by atoms with E-state index in [1.54, 1.807) is 23.2 Å². The molecule has 1 atom stereocenters. The van der Waals surface area contributed by atoms with Gasteiger partial charge in [0.2, 0.25) is 0 Å². The fourth-order valence-corrected chi connectivity index (χ4v) is 2.45. The third-order valence-corrected chi connectivity index (χ3v) is 3.24. The van der Waals surface area contributed by atoms with Gasteiger partial charge in [-0.1, -0.05) is 0 Å². The number of aliphatic hydroxyl groups is 1. The highest BCUT2D eigenvalue weighted by Gasteiger charge is 2.35. The van der Waals surface area contributed by atoms with E-state index >= 15 is 0 Å². The van der Waals surface area contributed by atoms with Crippen molar-refractivity contribution in [3.8, 4) is 0 Å². The van der Waals surface area contributed by atoms with Gasteiger partial charge >= 0.3 is 0 Å². The maximum Gasteiger partial charge on any atom is 0.254 e. The lowest BCUT2D eigenvalue weighted by Gasteiger charge is -2.42. The van der Waals surface area contributed by atoms with E-state index in [-0.39, 0.29) is 18.6 Å². The molecule has 1 saturated heterocycles. The second kappa shape index (κ2) is 5.87. The standard InChI is InChI=1S/C14H21N3O3/c1-14(2)9-17(7-12(8-18)20-14)13(19)10-3-4-16-11(5-10)6-15/h3-5,12,18H,6-9,15H2,1-2H3. The second-order valence-electron chi connectivity index (χ2n) is 5.61. The Kier molecular flexibility index (Phi) is 4.37. The van der Waals surface area contributed by atoms with Crippen molar-refractivity contribution >= 4 is 5.91 Å². The van der Waals surface area contributed by atoms with Crippen molar-refractivity contribution in [3.05, 3.63) is 29.6 Å². The summed E-state index contributed by atoms with van der Waals surface area (Å²) in [7, 11) is 0. The van der Waals surface area contributed by atoms with Crippen molar-refractivity contribution in [2.75, 3.05) is 19.7 Å². The van der Waals surface area contributed by atoms with Crippen LogP contribution in [-0.4, -0.2) is 52.3 Å². The van der Waals surface area contributed by atoms with Crippen LogP contribution >= 0.6 is 0 Å². The highest BCUT2D eigenvalue weighted by molar-refractivity contribution is 5.94. The summed E-state index contributed by atoms with van der Waals surface area (Å²) in [5, 5.41) is 9.29. The molecule has 1 unspecified atom stereocenters. The molecule has 1 aromatic heterocycles. The Labute approximate surface area is 118 Å². The fraction of sp³-hybridized carbons (Fsp3) is 0.571. The quantitative estimate of drug-likeness (QED) is 0.822. The molecule has 1 aliphatic heterocycles. The Morgan fingerprint density at radius 2 is 2.40 bits per heavy atom. The van der Waals surface area contributed by atoms with Crippen LogP contribution < -0.4 is 5.73 Å². The lowest BCUT2D eigenvalue weighted by molar-refractivity contribution is -0.139. The minimum Gasteiger partial charge on any atom is -0.394 e. The number of aliphatic hydroxyl groups excluding tert-OH is 1. The molecule has 110 valence electrons. The normalized spacial score (nSPS) is 21.8. The van der Waals surface area contributed by atoms with Gasteiger partial charge < -0.3 is 20.5 Å². The van der Waals surface area contributed by atoms with Gasteiger partial charge in [-0.15, -0.1) is 0 Å². The third kappa shape index (κ3) is 3.33. The summed E-state index contributed by atoms with van der Waals surface area (Å²) in [4.78, 5) is 18.3. The number of ether oxygens (including phenoxy) is 1. The number of hydrogen-bond acceptors (Lipinski definition) is 5.